The number of nitrogens with one attached hydrogen (secondary N) is 1. The lowest BCUT2D eigenvalue weighted by molar-refractivity contribution is 0.614. The van der Waals surface area contributed by atoms with Crippen molar-refractivity contribution in [2.24, 2.45) is 0 Å². The fraction of sp³-hybridized carbons (Fsp3) is 0.214. The first-order chi connectivity index (χ1) is 8.69. The summed E-state index contributed by atoms with van der Waals surface area (Å²) in [6.07, 6.45) is 2.13. The van der Waals surface area contributed by atoms with Gasteiger partial charge < -0.3 is 5.32 Å². The lowest BCUT2D eigenvalue weighted by atomic mass is 10.1. The standard InChI is InChI=1S/C14H14BrFN2/c1-2-13(14-8-5-11(16)9-17-14)18-12-6-3-10(15)4-7-12/h3-9,13,18H,2H2,1H3. The van der Waals surface area contributed by atoms with Gasteiger partial charge in [0.05, 0.1) is 17.9 Å². The number of pyridine rings is 1. The molecule has 1 atom stereocenters. The number of halogens is 2. The van der Waals surface area contributed by atoms with Crippen LogP contribution in [-0.4, -0.2) is 4.98 Å². The second kappa shape index (κ2) is 5.96. The average molecular weight is 309 g/mol. The van der Waals surface area contributed by atoms with Crippen LogP contribution in [0.2, 0.25) is 0 Å². The van der Waals surface area contributed by atoms with Crippen LogP contribution < -0.4 is 5.32 Å². The maximum Gasteiger partial charge on any atom is 0.141 e. The van der Waals surface area contributed by atoms with Crippen molar-refractivity contribution in [1.82, 2.24) is 4.98 Å². The Hall–Kier alpha value is -1.42. The Morgan fingerprint density at radius 1 is 1.22 bits per heavy atom. The molecular formula is C14H14BrFN2. The van der Waals surface area contributed by atoms with Crippen LogP contribution >= 0.6 is 15.9 Å². The maximum atomic E-state index is 12.8. The second-order valence-corrected chi connectivity index (χ2v) is 4.93. The molecular weight excluding hydrogens is 295 g/mol. The quantitative estimate of drug-likeness (QED) is 0.896. The molecule has 0 fully saturated rings. The van der Waals surface area contributed by atoms with Crippen LogP contribution in [0.3, 0.4) is 0 Å². The van der Waals surface area contributed by atoms with Gasteiger partial charge >= 0.3 is 0 Å². The minimum atomic E-state index is -0.308. The smallest absolute Gasteiger partial charge is 0.141 e. The Morgan fingerprint density at radius 3 is 2.50 bits per heavy atom. The zero-order valence-corrected chi connectivity index (χ0v) is 11.6. The summed E-state index contributed by atoms with van der Waals surface area (Å²) in [6.45, 7) is 2.07. The molecule has 0 aliphatic rings. The van der Waals surface area contributed by atoms with Crippen LogP contribution in [0.15, 0.2) is 47.1 Å². The Bertz CT molecular complexity index is 496. The first-order valence-corrected chi connectivity index (χ1v) is 6.62. The molecule has 1 N–H and O–H groups in total. The molecule has 0 spiro atoms. The monoisotopic (exact) mass is 308 g/mol. The Balaban J connectivity index is 2.14. The number of hydrogen-bond donors (Lipinski definition) is 1. The van der Waals surface area contributed by atoms with E-state index in [-0.39, 0.29) is 11.9 Å². The van der Waals surface area contributed by atoms with Gasteiger partial charge in [-0.1, -0.05) is 22.9 Å². The van der Waals surface area contributed by atoms with Crippen LogP contribution in [0.5, 0.6) is 0 Å². The summed E-state index contributed by atoms with van der Waals surface area (Å²) in [7, 11) is 0. The molecule has 2 nitrogen and oxygen atoms in total. The number of rotatable bonds is 4. The van der Waals surface area contributed by atoms with E-state index in [1.54, 1.807) is 6.07 Å². The molecule has 0 saturated carbocycles. The highest BCUT2D eigenvalue weighted by molar-refractivity contribution is 9.10. The van der Waals surface area contributed by atoms with Crippen LogP contribution in [-0.2, 0) is 0 Å². The lowest BCUT2D eigenvalue weighted by Crippen LogP contribution is -2.11. The third kappa shape index (κ3) is 3.29. The van der Waals surface area contributed by atoms with Gasteiger partial charge in [-0.2, -0.15) is 0 Å². The molecule has 2 aromatic rings. The molecule has 94 valence electrons. The summed E-state index contributed by atoms with van der Waals surface area (Å²) < 4.78 is 13.9. The molecule has 0 radical (unpaired) electrons. The summed E-state index contributed by atoms with van der Waals surface area (Å²) in [5.74, 6) is -0.308. The van der Waals surface area contributed by atoms with E-state index in [1.165, 1.54) is 12.3 Å². The average Bonchev–Trinajstić information content (AvgIpc) is 2.39. The van der Waals surface area contributed by atoms with Gasteiger partial charge in [-0.15, -0.1) is 0 Å². The van der Waals surface area contributed by atoms with Crippen molar-refractivity contribution in [1.29, 1.82) is 0 Å². The number of benzene rings is 1. The molecule has 0 amide bonds. The molecule has 4 heteroatoms. The number of anilines is 1. The third-order valence-corrected chi connectivity index (χ3v) is 3.23. The summed E-state index contributed by atoms with van der Waals surface area (Å²) in [4.78, 5) is 4.12. The number of nitrogens with zero attached hydrogens (tertiary/aromatic N) is 1. The molecule has 1 aromatic carbocycles. The van der Waals surface area contributed by atoms with Gasteiger partial charge in [0.25, 0.3) is 0 Å². The van der Waals surface area contributed by atoms with Gasteiger partial charge in [0.15, 0.2) is 0 Å². The van der Waals surface area contributed by atoms with E-state index >= 15 is 0 Å². The van der Waals surface area contributed by atoms with Crippen molar-refractivity contribution in [3.8, 4) is 0 Å². The molecule has 1 unspecified atom stereocenters. The molecule has 18 heavy (non-hydrogen) atoms. The van der Waals surface area contributed by atoms with E-state index in [1.807, 2.05) is 24.3 Å². The van der Waals surface area contributed by atoms with E-state index in [9.17, 15) is 4.39 Å². The molecule has 2 rings (SSSR count). The predicted molar refractivity (Wildman–Crippen MR) is 75.0 cm³/mol. The van der Waals surface area contributed by atoms with E-state index in [0.29, 0.717) is 0 Å². The minimum absolute atomic E-state index is 0.0896. The lowest BCUT2D eigenvalue weighted by Gasteiger charge is -2.17. The summed E-state index contributed by atoms with van der Waals surface area (Å²) >= 11 is 3.40. The maximum absolute atomic E-state index is 12.8. The van der Waals surface area contributed by atoms with Gasteiger partial charge in [-0.3, -0.25) is 4.98 Å². The zero-order chi connectivity index (χ0) is 13.0. The van der Waals surface area contributed by atoms with Crippen LogP contribution in [0, 0.1) is 5.82 Å². The molecule has 1 aromatic heterocycles. The molecule has 0 aliphatic carbocycles. The van der Waals surface area contributed by atoms with Crippen LogP contribution in [0.25, 0.3) is 0 Å². The van der Waals surface area contributed by atoms with Gasteiger partial charge in [-0.25, -0.2) is 4.39 Å². The van der Waals surface area contributed by atoms with E-state index in [4.69, 9.17) is 0 Å². The predicted octanol–water partition coefficient (Wildman–Crippen LogP) is 4.55. The number of hydrogen-bond acceptors (Lipinski definition) is 2. The van der Waals surface area contributed by atoms with E-state index in [0.717, 1.165) is 22.3 Å². The molecule has 0 aliphatic heterocycles. The van der Waals surface area contributed by atoms with Crippen molar-refractivity contribution in [2.75, 3.05) is 5.32 Å². The topological polar surface area (TPSA) is 24.9 Å². The minimum Gasteiger partial charge on any atom is -0.377 e. The fourth-order valence-electron chi connectivity index (χ4n) is 1.73. The summed E-state index contributed by atoms with van der Waals surface area (Å²) in [5, 5.41) is 3.39. The Kier molecular flexibility index (Phi) is 4.31. The third-order valence-electron chi connectivity index (χ3n) is 2.70. The highest BCUT2D eigenvalue weighted by Gasteiger charge is 2.10. The van der Waals surface area contributed by atoms with Crippen molar-refractivity contribution in [2.45, 2.75) is 19.4 Å². The van der Waals surface area contributed by atoms with Crippen LogP contribution in [0.1, 0.15) is 25.1 Å². The van der Waals surface area contributed by atoms with Gasteiger partial charge in [0.2, 0.25) is 0 Å². The van der Waals surface area contributed by atoms with E-state index in [2.05, 4.69) is 33.2 Å². The highest BCUT2D eigenvalue weighted by Crippen LogP contribution is 2.22. The highest BCUT2D eigenvalue weighted by atomic mass is 79.9. The van der Waals surface area contributed by atoms with Crippen molar-refractivity contribution in [3.63, 3.8) is 0 Å². The van der Waals surface area contributed by atoms with Gasteiger partial charge in [0, 0.05) is 10.2 Å². The van der Waals surface area contributed by atoms with E-state index < -0.39 is 0 Å². The van der Waals surface area contributed by atoms with Crippen LogP contribution in [0.4, 0.5) is 10.1 Å². The van der Waals surface area contributed by atoms with Crippen molar-refractivity contribution in [3.05, 3.63) is 58.6 Å². The summed E-state index contributed by atoms with van der Waals surface area (Å²) in [6, 6.07) is 11.2. The number of aromatic nitrogens is 1. The molecule has 1 heterocycles. The van der Waals surface area contributed by atoms with Crippen molar-refractivity contribution >= 4 is 21.6 Å². The SMILES string of the molecule is CCC(Nc1ccc(Br)cc1)c1ccc(F)cn1. The fourth-order valence-corrected chi connectivity index (χ4v) is 1.99. The second-order valence-electron chi connectivity index (χ2n) is 4.01. The normalized spacial score (nSPS) is 12.2. The molecule has 0 bridgehead atoms. The van der Waals surface area contributed by atoms with Gasteiger partial charge in [-0.05, 0) is 42.8 Å². The first-order valence-electron chi connectivity index (χ1n) is 5.82. The summed E-state index contributed by atoms with van der Waals surface area (Å²) in [5.41, 5.74) is 1.87. The van der Waals surface area contributed by atoms with Gasteiger partial charge in [0.1, 0.15) is 5.82 Å². The van der Waals surface area contributed by atoms with Crippen molar-refractivity contribution < 1.29 is 4.39 Å². The Morgan fingerprint density at radius 2 is 1.94 bits per heavy atom. The molecule has 0 saturated heterocycles. The first kappa shape index (κ1) is 13.0. The zero-order valence-electron chi connectivity index (χ0n) is 10.0. The largest absolute Gasteiger partial charge is 0.377 e. The Labute approximate surface area is 114 Å².